The van der Waals surface area contributed by atoms with Crippen LogP contribution in [0.15, 0.2) is 0 Å². The molecule has 1 aliphatic carbocycles. The van der Waals surface area contributed by atoms with Crippen LogP contribution in [0.25, 0.3) is 0 Å². The monoisotopic (exact) mass is 269 g/mol. The number of carbonyl (C=O) groups excluding carboxylic acids is 2. The van der Waals surface area contributed by atoms with Gasteiger partial charge in [-0.25, -0.2) is 0 Å². The molecule has 0 aromatic carbocycles. The summed E-state index contributed by atoms with van der Waals surface area (Å²) in [5.41, 5.74) is 5.92. The topological polar surface area (TPSA) is 69.4 Å². The van der Waals surface area contributed by atoms with Crippen LogP contribution in [0, 0.1) is 11.8 Å². The van der Waals surface area contributed by atoms with Gasteiger partial charge in [-0.2, -0.15) is 0 Å². The molecular weight excluding hydrogens is 242 g/mol. The molecule has 0 unspecified atom stereocenters. The molecule has 1 aliphatic rings. The Morgan fingerprint density at radius 3 is 2.58 bits per heavy atom. The summed E-state index contributed by atoms with van der Waals surface area (Å²) in [6.45, 7) is 0. The molecule has 1 saturated carbocycles. The third-order valence-electron chi connectivity index (χ3n) is 4.25. The fraction of sp³-hybridized carbons (Fsp3) is 0.867. The van der Waals surface area contributed by atoms with Crippen molar-refractivity contribution < 1.29 is 14.3 Å². The van der Waals surface area contributed by atoms with Crippen molar-refractivity contribution in [3.63, 3.8) is 0 Å². The fourth-order valence-electron chi connectivity index (χ4n) is 3.00. The average molecular weight is 269 g/mol. The number of rotatable bonds is 9. The highest BCUT2D eigenvalue weighted by Gasteiger charge is 2.32. The van der Waals surface area contributed by atoms with Crippen LogP contribution < -0.4 is 5.73 Å². The maximum atomic E-state index is 11.0. The van der Waals surface area contributed by atoms with Crippen molar-refractivity contribution in [2.24, 2.45) is 17.6 Å². The Kier molecular flexibility index (Phi) is 7.72. The molecule has 1 fully saturated rings. The normalized spacial score (nSPS) is 26.3. The first kappa shape index (κ1) is 16.2. The highest BCUT2D eigenvalue weighted by molar-refractivity contribution is 5.68. The van der Waals surface area contributed by atoms with Gasteiger partial charge >= 0.3 is 5.97 Å². The zero-order valence-electron chi connectivity index (χ0n) is 12.0. The van der Waals surface area contributed by atoms with Gasteiger partial charge in [-0.1, -0.05) is 25.7 Å². The summed E-state index contributed by atoms with van der Waals surface area (Å²) in [7, 11) is 1.43. The summed E-state index contributed by atoms with van der Waals surface area (Å²) >= 11 is 0. The van der Waals surface area contributed by atoms with Gasteiger partial charge in [-0.15, -0.1) is 0 Å². The number of nitrogens with two attached hydrogens (primary N) is 1. The fourth-order valence-corrected chi connectivity index (χ4v) is 3.00. The molecule has 0 radical (unpaired) electrons. The van der Waals surface area contributed by atoms with Crippen molar-refractivity contribution in [1.29, 1.82) is 0 Å². The van der Waals surface area contributed by atoms with Crippen LogP contribution in [0.4, 0.5) is 0 Å². The molecule has 0 aromatic heterocycles. The SMILES string of the molecule is COC(=O)CCCCCCC[C@H]1CC[C@@H](N)[C@@H]1C=O. The second-order valence-corrected chi connectivity index (χ2v) is 5.60. The van der Waals surface area contributed by atoms with Crippen molar-refractivity contribution >= 4 is 12.3 Å². The molecule has 4 heteroatoms. The minimum absolute atomic E-state index is 0.0827. The van der Waals surface area contributed by atoms with Gasteiger partial charge in [-0.05, 0) is 31.6 Å². The first-order valence-corrected chi connectivity index (χ1v) is 7.46. The van der Waals surface area contributed by atoms with Gasteiger partial charge in [0.1, 0.15) is 6.29 Å². The average Bonchev–Trinajstić information content (AvgIpc) is 2.77. The molecule has 3 atom stereocenters. The summed E-state index contributed by atoms with van der Waals surface area (Å²) < 4.78 is 4.60. The highest BCUT2D eigenvalue weighted by Crippen LogP contribution is 2.33. The molecule has 0 aliphatic heterocycles. The van der Waals surface area contributed by atoms with Crippen molar-refractivity contribution in [1.82, 2.24) is 0 Å². The quantitative estimate of drug-likeness (QED) is 0.396. The number of unbranched alkanes of at least 4 members (excludes halogenated alkanes) is 4. The van der Waals surface area contributed by atoms with Crippen molar-refractivity contribution in [3.8, 4) is 0 Å². The van der Waals surface area contributed by atoms with E-state index in [0.717, 1.165) is 44.8 Å². The summed E-state index contributed by atoms with van der Waals surface area (Å²) in [5, 5.41) is 0. The van der Waals surface area contributed by atoms with Gasteiger partial charge in [-0.3, -0.25) is 4.79 Å². The van der Waals surface area contributed by atoms with Gasteiger partial charge in [0.2, 0.25) is 0 Å². The van der Waals surface area contributed by atoms with E-state index in [1.54, 1.807) is 0 Å². The maximum absolute atomic E-state index is 11.0. The number of hydrogen-bond acceptors (Lipinski definition) is 4. The third kappa shape index (κ3) is 5.72. The molecule has 0 spiro atoms. The Bertz CT molecular complexity index is 281. The van der Waals surface area contributed by atoms with E-state index in [1.807, 2.05) is 0 Å². The first-order chi connectivity index (χ1) is 9.19. The van der Waals surface area contributed by atoms with Crippen molar-refractivity contribution in [3.05, 3.63) is 0 Å². The lowest BCUT2D eigenvalue weighted by Crippen LogP contribution is -2.28. The first-order valence-electron chi connectivity index (χ1n) is 7.46. The third-order valence-corrected chi connectivity index (χ3v) is 4.25. The Morgan fingerprint density at radius 2 is 1.89 bits per heavy atom. The molecule has 0 saturated heterocycles. The molecular formula is C15H27NO3. The largest absolute Gasteiger partial charge is 0.469 e. The van der Waals surface area contributed by atoms with Crippen molar-refractivity contribution in [2.45, 2.75) is 63.8 Å². The second-order valence-electron chi connectivity index (χ2n) is 5.60. The van der Waals surface area contributed by atoms with E-state index >= 15 is 0 Å². The Hall–Kier alpha value is -0.900. The smallest absolute Gasteiger partial charge is 0.305 e. The molecule has 2 N–H and O–H groups in total. The van der Waals surface area contributed by atoms with Gasteiger partial charge in [0, 0.05) is 18.4 Å². The van der Waals surface area contributed by atoms with Crippen LogP contribution in [-0.4, -0.2) is 25.4 Å². The van der Waals surface area contributed by atoms with E-state index in [-0.39, 0.29) is 17.9 Å². The second kappa shape index (κ2) is 9.08. The number of aldehydes is 1. The number of carbonyl (C=O) groups is 2. The number of methoxy groups -OCH3 is 1. The Morgan fingerprint density at radius 1 is 1.21 bits per heavy atom. The van der Waals surface area contributed by atoms with Gasteiger partial charge < -0.3 is 15.3 Å². The van der Waals surface area contributed by atoms with Crippen LogP contribution in [0.3, 0.4) is 0 Å². The van der Waals surface area contributed by atoms with Crippen molar-refractivity contribution in [2.75, 3.05) is 7.11 Å². The lowest BCUT2D eigenvalue weighted by Gasteiger charge is -2.16. The van der Waals surface area contributed by atoms with E-state index in [1.165, 1.54) is 20.0 Å². The zero-order valence-corrected chi connectivity index (χ0v) is 12.0. The molecule has 0 bridgehead atoms. The predicted molar refractivity (Wildman–Crippen MR) is 74.6 cm³/mol. The van der Waals surface area contributed by atoms with Gasteiger partial charge in [0.05, 0.1) is 7.11 Å². The summed E-state index contributed by atoms with van der Waals surface area (Å²) in [4.78, 5) is 21.9. The van der Waals surface area contributed by atoms with Crippen LogP contribution in [0.2, 0.25) is 0 Å². The van der Waals surface area contributed by atoms with Gasteiger partial charge in [0.25, 0.3) is 0 Å². The van der Waals surface area contributed by atoms with Gasteiger partial charge in [0.15, 0.2) is 0 Å². The molecule has 0 heterocycles. The zero-order chi connectivity index (χ0) is 14.1. The molecule has 1 rings (SSSR count). The summed E-state index contributed by atoms with van der Waals surface area (Å²) in [5.74, 6) is 0.468. The molecule has 4 nitrogen and oxygen atoms in total. The molecule has 0 aromatic rings. The van der Waals surface area contributed by atoms with E-state index in [0.29, 0.717) is 12.3 Å². The predicted octanol–water partition coefficient (Wildman–Crippen LogP) is 2.44. The number of ether oxygens (including phenoxy) is 1. The van der Waals surface area contributed by atoms with Crippen LogP contribution in [-0.2, 0) is 14.3 Å². The summed E-state index contributed by atoms with van der Waals surface area (Å²) in [6, 6.07) is 0.0857. The molecule has 19 heavy (non-hydrogen) atoms. The minimum Gasteiger partial charge on any atom is -0.469 e. The Balaban J connectivity index is 1.99. The van der Waals surface area contributed by atoms with Crippen LogP contribution in [0.5, 0.6) is 0 Å². The van der Waals surface area contributed by atoms with E-state index in [2.05, 4.69) is 4.74 Å². The van der Waals surface area contributed by atoms with Crippen LogP contribution in [0.1, 0.15) is 57.8 Å². The summed E-state index contributed by atoms with van der Waals surface area (Å²) in [6.07, 6.45) is 10.3. The molecule has 0 amide bonds. The standard InChI is InChI=1S/C15H27NO3/c1-19-15(18)8-6-4-2-3-5-7-12-9-10-14(16)13(12)11-17/h11-14H,2-10,16H2,1H3/t12-,13+,14+/m0/s1. The highest BCUT2D eigenvalue weighted by atomic mass is 16.5. The minimum atomic E-state index is -0.117. The van der Waals surface area contributed by atoms with Crippen LogP contribution >= 0.6 is 0 Å². The van der Waals surface area contributed by atoms with E-state index in [9.17, 15) is 9.59 Å². The lowest BCUT2D eigenvalue weighted by atomic mass is 9.90. The maximum Gasteiger partial charge on any atom is 0.305 e. The van der Waals surface area contributed by atoms with E-state index in [4.69, 9.17) is 5.73 Å². The van der Waals surface area contributed by atoms with E-state index < -0.39 is 0 Å². The Labute approximate surface area is 116 Å². The molecule has 110 valence electrons. The number of esters is 1. The lowest BCUT2D eigenvalue weighted by molar-refractivity contribution is -0.140. The number of hydrogen-bond donors (Lipinski definition) is 1.